The molecule has 8 heteroatoms. The van der Waals surface area contributed by atoms with Crippen LogP contribution in [0, 0.1) is 0 Å². The Hall–Kier alpha value is -2.06. The summed E-state index contributed by atoms with van der Waals surface area (Å²) in [6.45, 7) is 8.94. The van der Waals surface area contributed by atoms with E-state index < -0.39 is 11.8 Å². The van der Waals surface area contributed by atoms with Gasteiger partial charge in [-0.05, 0) is 79.6 Å². The average Bonchev–Trinajstić information content (AvgIpc) is 2.76. The number of halogens is 2. The Morgan fingerprint density at radius 2 is 1.55 bits per heavy atom. The van der Waals surface area contributed by atoms with Crippen molar-refractivity contribution < 1.29 is 19.1 Å². The van der Waals surface area contributed by atoms with Gasteiger partial charge in [-0.15, -0.1) is 0 Å². The number of carbonyl (C=O) groups is 2. The summed E-state index contributed by atoms with van der Waals surface area (Å²) in [6.07, 6.45) is 4.50. The summed E-state index contributed by atoms with van der Waals surface area (Å²) in [5.41, 5.74) is 6.32. The lowest BCUT2D eigenvalue weighted by molar-refractivity contribution is -0.123. The zero-order valence-corrected chi connectivity index (χ0v) is 22.8. The van der Waals surface area contributed by atoms with Crippen molar-refractivity contribution in [2.45, 2.75) is 58.8 Å². The highest BCUT2D eigenvalue weighted by Crippen LogP contribution is 2.31. The summed E-state index contributed by atoms with van der Waals surface area (Å²) < 4.78 is 12.8. The van der Waals surface area contributed by atoms with E-state index in [0.29, 0.717) is 28.1 Å². The third-order valence-corrected chi connectivity index (χ3v) is 6.16. The number of hydrogen-bond acceptors (Lipinski definition) is 4. The first kappa shape index (κ1) is 27.2. The van der Waals surface area contributed by atoms with Gasteiger partial charge in [0.25, 0.3) is 11.8 Å². The summed E-state index contributed by atoms with van der Waals surface area (Å²) in [6, 6.07) is 10.8. The van der Waals surface area contributed by atoms with E-state index in [4.69, 9.17) is 9.47 Å². The fourth-order valence-electron chi connectivity index (χ4n) is 2.93. The van der Waals surface area contributed by atoms with Gasteiger partial charge in [-0.2, -0.15) is 0 Å². The Morgan fingerprint density at radius 1 is 0.879 bits per heavy atom. The molecule has 0 aliphatic heterocycles. The van der Waals surface area contributed by atoms with Gasteiger partial charge in [-0.3, -0.25) is 20.4 Å². The Labute approximate surface area is 213 Å². The van der Waals surface area contributed by atoms with E-state index in [1.54, 1.807) is 18.2 Å². The van der Waals surface area contributed by atoms with E-state index in [1.807, 2.05) is 18.2 Å². The maximum absolute atomic E-state index is 12.4. The quantitative estimate of drug-likeness (QED) is 0.254. The number of hydrazine groups is 1. The third-order valence-electron chi connectivity index (χ3n) is 4.92. The first-order valence-electron chi connectivity index (χ1n) is 11.1. The number of benzene rings is 2. The topological polar surface area (TPSA) is 76.7 Å². The first-order valence-corrected chi connectivity index (χ1v) is 12.6. The van der Waals surface area contributed by atoms with E-state index in [-0.39, 0.29) is 12.0 Å². The molecule has 180 valence electrons. The largest absolute Gasteiger partial charge is 0.492 e. The van der Waals surface area contributed by atoms with Crippen molar-refractivity contribution in [2.24, 2.45) is 0 Å². The van der Waals surface area contributed by atoms with Crippen LogP contribution in [0.1, 0.15) is 69.3 Å². The Morgan fingerprint density at radius 3 is 2.18 bits per heavy atom. The number of ether oxygens (including phenoxy) is 2. The monoisotopic (exact) mass is 582 g/mol. The highest BCUT2D eigenvalue weighted by molar-refractivity contribution is 9.10. The van der Waals surface area contributed by atoms with Crippen molar-refractivity contribution in [3.05, 3.63) is 56.5 Å². The van der Waals surface area contributed by atoms with Gasteiger partial charge in [0.2, 0.25) is 0 Å². The maximum atomic E-state index is 12.4. The molecular weight excluding hydrogens is 552 g/mol. The molecule has 0 bridgehead atoms. The lowest BCUT2D eigenvalue weighted by Gasteiger charge is -2.20. The van der Waals surface area contributed by atoms with Crippen molar-refractivity contribution in [3.8, 4) is 11.5 Å². The minimum Gasteiger partial charge on any atom is -0.492 e. The predicted molar refractivity (Wildman–Crippen MR) is 138 cm³/mol. The van der Waals surface area contributed by atoms with Crippen molar-refractivity contribution in [1.29, 1.82) is 0 Å². The molecule has 2 aromatic rings. The first-order chi connectivity index (χ1) is 15.6. The van der Waals surface area contributed by atoms with Crippen LogP contribution in [0.3, 0.4) is 0 Å². The van der Waals surface area contributed by atoms with Crippen LogP contribution in [-0.4, -0.2) is 25.0 Å². The van der Waals surface area contributed by atoms with E-state index in [2.05, 4.69) is 70.4 Å². The van der Waals surface area contributed by atoms with Crippen molar-refractivity contribution in [3.63, 3.8) is 0 Å². The molecule has 2 amide bonds. The third kappa shape index (κ3) is 9.01. The second-order valence-electron chi connectivity index (χ2n) is 8.74. The van der Waals surface area contributed by atoms with Crippen LogP contribution in [0.25, 0.3) is 0 Å². The minimum atomic E-state index is -0.471. The molecule has 0 aliphatic rings. The molecular formula is C25H32Br2N2O4. The van der Waals surface area contributed by atoms with E-state index in [1.165, 1.54) is 12.8 Å². The summed E-state index contributed by atoms with van der Waals surface area (Å²) in [4.78, 5) is 24.5. The molecule has 0 radical (unpaired) electrons. The normalized spacial score (nSPS) is 11.1. The van der Waals surface area contributed by atoms with Crippen LogP contribution in [0.4, 0.5) is 0 Å². The van der Waals surface area contributed by atoms with Crippen molar-refractivity contribution >= 4 is 43.7 Å². The van der Waals surface area contributed by atoms with Gasteiger partial charge in [0, 0.05) is 5.56 Å². The lowest BCUT2D eigenvalue weighted by atomic mass is 9.87. The van der Waals surface area contributed by atoms with E-state index in [9.17, 15) is 9.59 Å². The summed E-state index contributed by atoms with van der Waals surface area (Å²) in [7, 11) is 0. The summed E-state index contributed by atoms with van der Waals surface area (Å²) >= 11 is 6.92. The fourth-order valence-corrected chi connectivity index (χ4v) is 3.92. The zero-order valence-electron chi connectivity index (χ0n) is 19.6. The molecule has 0 aromatic heterocycles. The van der Waals surface area contributed by atoms with Crippen LogP contribution >= 0.6 is 31.9 Å². The van der Waals surface area contributed by atoms with Gasteiger partial charge in [-0.25, -0.2) is 0 Å². The van der Waals surface area contributed by atoms with E-state index in [0.717, 1.165) is 22.9 Å². The molecule has 0 aliphatic carbocycles. The number of unbranched alkanes of at least 4 members (excludes halogenated alkanes) is 3. The maximum Gasteiger partial charge on any atom is 0.276 e. The second kappa shape index (κ2) is 13.0. The molecule has 2 N–H and O–H groups in total. The van der Waals surface area contributed by atoms with Gasteiger partial charge in [0.1, 0.15) is 11.5 Å². The van der Waals surface area contributed by atoms with Crippen molar-refractivity contribution in [1.82, 2.24) is 10.9 Å². The summed E-state index contributed by atoms with van der Waals surface area (Å²) in [5, 5.41) is 0. The molecule has 0 heterocycles. The van der Waals surface area contributed by atoms with Crippen molar-refractivity contribution in [2.75, 3.05) is 13.2 Å². The average molecular weight is 584 g/mol. The molecule has 0 fully saturated rings. The van der Waals surface area contributed by atoms with Gasteiger partial charge >= 0.3 is 0 Å². The van der Waals surface area contributed by atoms with Crippen LogP contribution in [-0.2, 0) is 10.2 Å². The smallest absolute Gasteiger partial charge is 0.276 e. The number of hydrogen-bond donors (Lipinski definition) is 2. The Kier molecular flexibility index (Phi) is 10.7. The molecule has 0 unspecified atom stereocenters. The molecule has 0 spiro atoms. The molecule has 0 saturated heterocycles. The number of nitrogens with one attached hydrogen (secondary N) is 2. The van der Waals surface area contributed by atoms with Gasteiger partial charge in [-0.1, -0.05) is 53.0 Å². The Bertz CT molecular complexity index is 958. The summed E-state index contributed by atoms with van der Waals surface area (Å²) in [5.74, 6) is 0.331. The van der Waals surface area contributed by atoms with Gasteiger partial charge in [0.15, 0.2) is 6.61 Å². The minimum absolute atomic E-state index is 0.0106. The molecule has 0 atom stereocenters. The number of rotatable bonds is 10. The standard InChI is InChI=1S/C25H32Br2N2O4/c1-5-6-7-8-13-32-21-11-9-17(14-19(21)26)24(31)29-28-23(30)16-33-22-12-10-18(15-20(22)27)25(2,3)4/h9-12,14-15H,5-8,13,16H2,1-4H3,(H,28,30)(H,29,31). The number of amides is 2. The van der Waals surface area contributed by atoms with Gasteiger partial charge in [0.05, 0.1) is 15.6 Å². The lowest BCUT2D eigenvalue weighted by Crippen LogP contribution is -2.43. The predicted octanol–water partition coefficient (Wildman–Crippen LogP) is 6.31. The van der Waals surface area contributed by atoms with Crippen LogP contribution in [0.15, 0.2) is 45.3 Å². The zero-order chi connectivity index (χ0) is 24.4. The van der Waals surface area contributed by atoms with Crippen LogP contribution in [0.2, 0.25) is 0 Å². The number of carbonyl (C=O) groups excluding carboxylic acids is 2. The van der Waals surface area contributed by atoms with E-state index >= 15 is 0 Å². The molecule has 2 rings (SSSR count). The molecule has 0 saturated carbocycles. The molecule has 33 heavy (non-hydrogen) atoms. The second-order valence-corrected chi connectivity index (χ2v) is 10.4. The molecule has 2 aromatic carbocycles. The molecule has 6 nitrogen and oxygen atoms in total. The highest BCUT2D eigenvalue weighted by atomic mass is 79.9. The van der Waals surface area contributed by atoms with Crippen LogP contribution < -0.4 is 20.3 Å². The van der Waals surface area contributed by atoms with Gasteiger partial charge < -0.3 is 9.47 Å². The SMILES string of the molecule is CCCCCCOc1ccc(C(=O)NNC(=O)COc2ccc(C(C)(C)C)cc2Br)cc1Br. The highest BCUT2D eigenvalue weighted by Gasteiger charge is 2.16. The fraction of sp³-hybridized carbons (Fsp3) is 0.440. The van der Waals surface area contributed by atoms with Crippen LogP contribution in [0.5, 0.6) is 11.5 Å². The Balaban J connectivity index is 1.80.